The predicted octanol–water partition coefficient (Wildman–Crippen LogP) is 9.86. The van der Waals surface area contributed by atoms with Crippen LogP contribution in [-0.4, -0.2) is 77.6 Å². The fourth-order valence-electron chi connectivity index (χ4n) is 10.3. The van der Waals surface area contributed by atoms with Crippen LogP contribution in [0.25, 0.3) is 43.1 Å². The first-order valence-corrected chi connectivity index (χ1v) is 20.3. The van der Waals surface area contributed by atoms with Gasteiger partial charge >= 0.3 is 0 Å². The van der Waals surface area contributed by atoms with Gasteiger partial charge in [-0.2, -0.15) is 0 Å². The number of hydrogen-bond donors (Lipinski definition) is 0. The smallest absolute Gasteiger partial charge is 0.161 e. The van der Waals surface area contributed by atoms with E-state index >= 15 is 0 Å². The molecule has 8 nitrogen and oxygen atoms in total. The van der Waals surface area contributed by atoms with E-state index in [1.807, 2.05) is 0 Å². The number of rotatable bonds is 6. The molecule has 8 heteroatoms. The molecule has 2 atom stereocenters. The highest BCUT2D eigenvalue weighted by Gasteiger charge is 2.33. The Hall–Kier alpha value is -4.92. The van der Waals surface area contributed by atoms with E-state index < -0.39 is 0 Å². The second-order valence-corrected chi connectivity index (χ2v) is 15.9. The first-order chi connectivity index (χ1) is 27.5. The third-order valence-corrected chi connectivity index (χ3v) is 13.2. The van der Waals surface area contributed by atoms with Gasteiger partial charge in [0.15, 0.2) is 23.0 Å². The number of nitrogens with zero attached hydrogens (tertiary/aromatic N) is 2. The van der Waals surface area contributed by atoms with E-state index in [9.17, 15) is 0 Å². The third-order valence-electron chi connectivity index (χ3n) is 13.2. The third kappa shape index (κ3) is 6.22. The minimum absolute atomic E-state index is 0.671. The van der Waals surface area contributed by atoms with Gasteiger partial charge in [0.2, 0.25) is 0 Å². The van der Waals surface area contributed by atoms with E-state index in [0.29, 0.717) is 12.1 Å². The lowest BCUT2D eigenvalue weighted by molar-refractivity contribution is 0.128. The lowest BCUT2D eigenvalue weighted by Gasteiger charge is -2.41. The van der Waals surface area contributed by atoms with E-state index in [1.54, 1.807) is 42.7 Å². The van der Waals surface area contributed by atoms with Crippen molar-refractivity contribution in [3.63, 3.8) is 0 Å². The number of hydrogen-bond acceptors (Lipinski definition) is 8. The Morgan fingerprint density at radius 1 is 0.393 bits per heavy atom. The molecule has 4 aliphatic rings. The van der Waals surface area contributed by atoms with Crippen LogP contribution in [0.3, 0.4) is 0 Å². The molecule has 0 aromatic heterocycles. The van der Waals surface area contributed by atoms with Gasteiger partial charge in [-0.15, -0.1) is 0 Å². The zero-order chi connectivity index (χ0) is 38.5. The van der Waals surface area contributed by atoms with Crippen molar-refractivity contribution in [2.45, 2.75) is 76.5 Å². The fraction of sp³-hybridized carbons (Fsp3) is 0.417. The topological polar surface area (TPSA) is 61.9 Å². The Morgan fingerprint density at radius 2 is 0.768 bits per heavy atom. The standard InChI is InChI=1S/2C24H27NO3/c2*1-26-16-7-8-17-18-10-15-6-4-5-9-25(15)14-22(18)21-13-24(28-3)23(27-2)12-20(21)19(17)11-16/h2*7-8,11-13,15H,4-6,9-10,14H2,1-3H3/t2*15-/m11/s1. The van der Waals surface area contributed by atoms with Crippen LogP contribution in [-0.2, 0) is 25.9 Å². The van der Waals surface area contributed by atoms with Gasteiger partial charge < -0.3 is 28.4 Å². The molecule has 292 valence electrons. The summed E-state index contributed by atoms with van der Waals surface area (Å²) in [6.45, 7) is 4.46. The zero-order valence-corrected chi connectivity index (χ0v) is 33.8. The Balaban J connectivity index is 0.000000146. The average molecular weight is 755 g/mol. The maximum atomic E-state index is 5.64. The van der Waals surface area contributed by atoms with Gasteiger partial charge in [-0.1, -0.05) is 25.0 Å². The van der Waals surface area contributed by atoms with E-state index in [0.717, 1.165) is 60.4 Å². The molecule has 0 unspecified atom stereocenters. The second kappa shape index (κ2) is 15.2. The van der Waals surface area contributed by atoms with Crippen LogP contribution < -0.4 is 28.4 Å². The van der Waals surface area contributed by atoms with Gasteiger partial charge in [0, 0.05) is 25.2 Å². The Morgan fingerprint density at radius 3 is 1.14 bits per heavy atom. The van der Waals surface area contributed by atoms with Gasteiger partial charge in [-0.25, -0.2) is 0 Å². The summed E-state index contributed by atoms with van der Waals surface area (Å²) >= 11 is 0. The summed E-state index contributed by atoms with van der Waals surface area (Å²) in [5, 5.41) is 10.1. The molecule has 56 heavy (non-hydrogen) atoms. The monoisotopic (exact) mass is 754 g/mol. The van der Waals surface area contributed by atoms with Crippen molar-refractivity contribution in [2.24, 2.45) is 0 Å². The highest BCUT2D eigenvalue weighted by atomic mass is 16.5. The first-order valence-electron chi connectivity index (χ1n) is 20.3. The summed E-state index contributed by atoms with van der Waals surface area (Å²) in [7, 11) is 10.3. The maximum Gasteiger partial charge on any atom is 0.161 e. The zero-order valence-electron chi connectivity index (χ0n) is 33.8. The molecule has 4 heterocycles. The molecular weight excluding hydrogens is 701 g/mol. The molecule has 4 aliphatic heterocycles. The van der Waals surface area contributed by atoms with Gasteiger partial charge in [0.1, 0.15) is 11.5 Å². The number of fused-ring (bicyclic) bond motifs is 14. The fourth-order valence-corrected chi connectivity index (χ4v) is 10.3. The minimum Gasteiger partial charge on any atom is -0.497 e. The predicted molar refractivity (Wildman–Crippen MR) is 226 cm³/mol. The summed E-state index contributed by atoms with van der Waals surface area (Å²) in [6.07, 6.45) is 10.2. The molecule has 0 bridgehead atoms. The molecule has 0 saturated carbocycles. The molecule has 10 rings (SSSR count). The van der Waals surface area contributed by atoms with Crippen molar-refractivity contribution < 1.29 is 28.4 Å². The summed E-state index contributed by atoms with van der Waals surface area (Å²) in [5.41, 5.74) is 5.90. The van der Waals surface area contributed by atoms with Crippen LogP contribution in [0.1, 0.15) is 60.8 Å². The van der Waals surface area contributed by atoms with Crippen molar-refractivity contribution in [1.29, 1.82) is 0 Å². The van der Waals surface area contributed by atoms with Crippen molar-refractivity contribution in [1.82, 2.24) is 9.80 Å². The number of piperidine rings is 2. The van der Waals surface area contributed by atoms with Crippen LogP contribution in [0.5, 0.6) is 34.5 Å². The van der Waals surface area contributed by atoms with Crippen molar-refractivity contribution in [2.75, 3.05) is 55.7 Å². The summed E-state index contributed by atoms with van der Waals surface area (Å²) in [4.78, 5) is 5.36. The summed E-state index contributed by atoms with van der Waals surface area (Å²) < 4.78 is 33.6. The van der Waals surface area contributed by atoms with Crippen LogP contribution in [0, 0.1) is 0 Å². The van der Waals surface area contributed by atoms with Gasteiger partial charge in [0.25, 0.3) is 0 Å². The van der Waals surface area contributed by atoms with Crippen LogP contribution in [0.4, 0.5) is 0 Å². The molecule has 0 radical (unpaired) electrons. The van der Waals surface area contributed by atoms with Gasteiger partial charge in [-0.05, 0) is 165 Å². The Kier molecular flexibility index (Phi) is 9.96. The Bertz CT molecular complexity index is 2290. The lowest BCUT2D eigenvalue weighted by Crippen LogP contribution is -2.43. The molecule has 2 fully saturated rings. The van der Waals surface area contributed by atoms with E-state index in [2.05, 4.69) is 70.5 Å². The van der Waals surface area contributed by atoms with Crippen LogP contribution in [0.15, 0.2) is 60.7 Å². The lowest BCUT2D eigenvalue weighted by atomic mass is 9.82. The largest absolute Gasteiger partial charge is 0.497 e. The maximum absolute atomic E-state index is 5.64. The molecular formula is C48H54N2O6. The van der Waals surface area contributed by atoms with E-state index in [1.165, 1.54) is 117 Å². The molecule has 0 N–H and O–H groups in total. The molecule has 0 amide bonds. The SMILES string of the molecule is COc1ccc2c3c(c4cc(OC)c(OC)cc4c2c1)CN1CCCC[C@@H]1C3.COc1ccc2c3c(c4cc(OC)c(OC)cc4c2c1)CN1CCCC[C@@H]1C3. The van der Waals surface area contributed by atoms with Gasteiger partial charge in [0.05, 0.1) is 42.7 Å². The quantitative estimate of drug-likeness (QED) is 0.156. The molecule has 6 aromatic carbocycles. The molecule has 0 spiro atoms. The van der Waals surface area contributed by atoms with Crippen LogP contribution in [0.2, 0.25) is 0 Å². The van der Waals surface area contributed by atoms with Crippen molar-refractivity contribution in [3.05, 3.63) is 82.9 Å². The van der Waals surface area contributed by atoms with Gasteiger partial charge in [-0.3, -0.25) is 9.80 Å². The van der Waals surface area contributed by atoms with Crippen LogP contribution >= 0.6 is 0 Å². The average Bonchev–Trinajstić information content (AvgIpc) is 3.26. The molecule has 2 saturated heterocycles. The summed E-state index contributed by atoms with van der Waals surface area (Å²) in [6, 6.07) is 22.9. The van der Waals surface area contributed by atoms with Crippen molar-refractivity contribution >= 4 is 43.1 Å². The Labute approximate surface area is 330 Å². The van der Waals surface area contributed by atoms with Crippen molar-refractivity contribution in [3.8, 4) is 34.5 Å². The number of ether oxygens (including phenoxy) is 6. The van der Waals surface area contributed by atoms with E-state index in [4.69, 9.17) is 28.4 Å². The minimum atomic E-state index is 0.671. The normalized spacial score (nSPS) is 19.3. The molecule has 6 aromatic rings. The van der Waals surface area contributed by atoms with E-state index in [-0.39, 0.29) is 0 Å². The number of benzene rings is 6. The second-order valence-electron chi connectivity index (χ2n) is 15.9. The highest BCUT2D eigenvalue weighted by molar-refractivity contribution is 6.13. The molecule has 0 aliphatic carbocycles. The number of methoxy groups -OCH3 is 6. The summed E-state index contributed by atoms with van der Waals surface area (Å²) in [5.74, 6) is 4.90. The first kappa shape index (κ1) is 36.7. The highest BCUT2D eigenvalue weighted by Crippen LogP contribution is 2.46.